The summed E-state index contributed by atoms with van der Waals surface area (Å²) in [5.74, 6) is 0.833. The Balaban J connectivity index is 1.46. The van der Waals surface area contributed by atoms with E-state index in [0.717, 1.165) is 50.0 Å². The lowest BCUT2D eigenvalue weighted by molar-refractivity contribution is -0.163. The van der Waals surface area contributed by atoms with Gasteiger partial charge in [-0.15, -0.1) is 0 Å². The summed E-state index contributed by atoms with van der Waals surface area (Å²) in [6.07, 6.45) is 5.50. The normalized spacial score (nSPS) is 19.2. The Kier molecular flexibility index (Phi) is 9.13. The third-order valence-corrected chi connectivity index (χ3v) is 4.11. The summed E-state index contributed by atoms with van der Waals surface area (Å²) in [6, 6.07) is 7.75. The van der Waals surface area contributed by atoms with Crippen LogP contribution >= 0.6 is 0 Å². The minimum atomic E-state index is -0.422. The molecular weight excluding hydrogens is 308 g/mol. The minimum Gasteiger partial charge on any atom is -0.497 e. The molecule has 5 heteroatoms. The van der Waals surface area contributed by atoms with E-state index < -0.39 is 6.10 Å². The van der Waals surface area contributed by atoms with Crippen molar-refractivity contribution in [2.75, 3.05) is 26.9 Å². The number of unbranched alkanes of at least 4 members (excludes halogenated alkanes) is 1. The molecule has 1 aliphatic heterocycles. The summed E-state index contributed by atoms with van der Waals surface area (Å²) in [7, 11) is 1.65. The molecule has 1 aromatic carbocycles. The zero-order valence-electron chi connectivity index (χ0n) is 14.6. The third kappa shape index (κ3) is 7.62. The predicted octanol–water partition coefficient (Wildman–Crippen LogP) is 3.29. The van der Waals surface area contributed by atoms with Gasteiger partial charge in [0.2, 0.25) is 0 Å². The van der Waals surface area contributed by atoms with Crippen LogP contribution in [0.3, 0.4) is 0 Å². The van der Waals surface area contributed by atoms with Crippen LogP contribution in [0.1, 0.15) is 44.1 Å². The fourth-order valence-corrected chi connectivity index (χ4v) is 2.66. The van der Waals surface area contributed by atoms with Gasteiger partial charge in [0.25, 0.3) is 0 Å². The smallest absolute Gasteiger partial charge is 0.157 e. The van der Waals surface area contributed by atoms with Crippen molar-refractivity contribution in [1.82, 2.24) is 0 Å². The molecule has 0 aromatic heterocycles. The summed E-state index contributed by atoms with van der Waals surface area (Å²) < 4.78 is 21.9. The quantitative estimate of drug-likeness (QED) is 0.628. The molecule has 1 heterocycles. The molecule has 1 aliphatic rings. The molecule has 1 N–H and O–H groups in total. The van der Waals surface area contributed by atoms with Gasteiger partial charge in [0.05, 0.1) is 26.4 Å². The van der Waals surface area contributed by atoms with Crippen molar-refractivity contribution in [2.45, 2.75) is 57.5 Å². The molecule has 1 aromatic rings. The summed E-state index contributed by atoms with van der Waals surface area (Å²) >= 11 is 0. The van der Waals surface area contributed by atoms with E-state index in [9.17, 15) is 5.11 Å². The average molecular weight is 338 g/mol. The molecule has 2 rings (SSSR count). The van der Waals surface area contributed by atoms with Crippen LogP contribution in [0.4, 0.5) is 0 Å². The maximum Gasteiger partial charge on any atom is 0.157 e. The lowest BCUT2D eigenvalue weighted by Gasteiger charge is -2.22. The first-order valence-corrected chi connectivity index (χ1v) is 8.90. The topological polar surface area (TPSA) is 57.2 Å². The molecule has 0 spiro atoms. The number of hydrogen-bond donors (Lipinski definition) is 1. The molecule has 1 saturated heterocycles. The average Bonchev–Trinajstić information content (AvgIpc) is 2.63. The van der Waals surface area contributed by atoms with Crippen LogP contribution < -0.4 is 4.74 Å². The Hall–Kier alpha value is -1.14. The van der Waals surface area contributed by atoms with Crippen molar-refractivity contribution in [3.63, 3.8) is 0 Å². The minimum absolute atomic E-state index is 0.0171. The van der Waals surface area contributed by atoms with E-state index in [1.807, 2.05) is 24.3 Å². The van der Waals surface area contributed by atoms with Crippen LogP contribution in [0, 0.1) is 0 Å². The van der Waals surface area contributed by atoms with E-state index in [1.165, 1.54) is 6.42 Å². The van der Waals surface area contributed by atoms with E-state index in [-0.39, 0.29) is 6.29 Å². The first-order chi connectivity index (χ1) is 11.8. The molecule has 1 fully saturated rings. The van der Waals surface area contributed by atoms with Gasteiger partial charge in [0.15, 0.2) is 6.29 Å². The Bertz CT molecular complexity index is 428. The number of hydrogen-bond acceptors (Lipinski definition) is 5. The number of ether oxygens (including phenoxy) is 4. The lowest BCUT2D eigenvalue weighted by Crippen LogP contribution is -2.22. The van der Waals surface area contributed by atoms with Gasteiger partial charge in [-0.1, -0.05) is 12.1 Å². The number of benzene rings is 1. The molecule has 0 aliphatic carbocycles. The van der Waals surface area contributed by atoms with Crippen molar-refractivity contribution in [3.05, 3.63) is 29.8 Å². The predicted molar refractivity (Wildman–Crippen MR) is 92.1 cm³/mol. The molecule has 1 unspecified atom stereocenters. The van der Waals surface area contributed by atoms with Gasteiger partial charge >= 0.3 is 0 Å². The van der Waals surface area contributed by atoms with Crippen molar-refractivity contribution in [1.29, 1.82) is 0 Å². The lowest BCUT2D eigenvalue weighted by atomic mass is 10.1. The zero-order valence-corrected chi connectivity index (χ0v) is 14.6. The maximum absolute atomic E-state index is 9.95. The highest BCUT2D eigenvalue weighted by Gasteiger charge is 2.13. The van der Waals surface area contributed by atoms with E-state index in [4.69, 9.17) is 18.9 Å². The second-order valence-corrected chi connectivity index (χ2v) is 6.18. The molecule has 5 nitrogen and oxygen atoms in total. The fraction of sp³-hybridized carbons (Fsp3) is 0.684. The first kappa shape index (κ1) is 19.2. The highest BCUT2D eigenvalue weighted by molar-refractivity contribution is 5.26. The molecule has 0 bridgehead atoms. The Morgan fingerprint density at radius 2 is 2.04 bits per heavy atom. The van der Waals surface area contributed by atoms with Crippen molar-refractivity contribution >= 4 is 0 Å². The molecule has 0 amide bonds. The Morgan fingerprint density at radius 1 is 1.21 bits per heavy atom. The van der Waals surface area contributed by atoms with Crippen molar-refractivity contribution in [2.24, 2.45) is 0 Å². The van der Waals surface area contributed by atoms with Crippen molar-refractivity contribution in [3.8, 4) is 5.75 Å². The zero-order chi connectivity index (χ0) is 17.0. The van der Waals surface area contributed by atoms with Crippen molar-refractivity contribution < 1.29 is 24.1 Å². The van der Waals surface area contributed by atoms with Crippen LogP contribution in [0.15, 0.2) is 24.3 Å². The number of rotatable bonds is 11. The van der Waals surface area contributed by atoms with Gasteiger partial charge in [-0.05, 0) is 56.2 Å². The second kappa shape index (κ2) is 11.4. The monoisotopic (exact) mass is 338 g/mol. The standard InChI is InChI=1S/C19H30O5/c1-21-18-10-8-16(9-11-18)14-22-15-17(20)6-2-4-12-23-19-7-3-5-13-24-19/h8-11,17,19-20H,2-7,12-15H2,1H3/t17-,19?/m1/s1. The third-order valence-electron chi connectivity index (χ3n) is 4.11. The molecule has 24 heavy (non-hydrogen) atoms. The first-order valence-electron chi connectivity index (χ1n) is 8.90. The van der Waals surface area contributed by atoms with Gasteiger partial charge in [0.1, 0.15) is 5.75 Å². The van der Waals surface area contributed by atoms with E-state index in [1.54, 1.807) is 7.11 Å². The largest absolute Gasteiger partial charge is 0.497 e. The van der Waals surface area contributed by atoms with E-state index >= 15 is 0 Å². The summed E-state index contributed by atoms with van der Waals surface area (Å²) in [6.45, 7) is 2.38. The fourth-order valence-electron chi connectivity index (χ4n) is 2.66. The second-order valence-electron chi connectivity index (χ2n) is 6.18. The summed E-state index contributed by atoms with van der Waals surface area (Å²) in [4.78, 5) is 0. The van der Waals surface area contributed by atoms with Gasteiger partial charge in [-0.2, -0.15) is 0 Å². The molecule has 0 saturated carbocycles. The van der Waals surface area contributed by atoms with Crippen LogP contribution in [-0.4, -0.2) is 44.4 Å². The van der Waals surface area contributed by atoms with Crippen LogP contribution in [-0.2, 0) is 20.8 Å². The molecule has 136 valence electrons. The Labute approximate surface area is 144 Å². The number of methoxy groups -OCH3 is 1. The van der Waals surface area contributed by atoms with E-state index in [2.05, 4.69) is 0 Å². The molecule has 2 atom stereocenters. The molecule has 0 radical (unpaired) electrons. The van der Waals surface area contributed by atoms with Gasteiger partial charge < -0.3 is 24.1 Å². The van der Waals surface area contributed by atoms with Gasteiger partial charge in [-0.25, -0.2) is 0 Å². The highest BCUT2D eigenvalue weighted by atomic mass is 16.7. The number of aliphatic hydroxyl groups excluding tert-OH is 1. The van der Waals surface area contributed by atoms with Gasteiger partial charge in [-0.3, -0.25) is 0 Å². The summed E-state index contributed by atoms with van der Waals surface area (Å²) in [5.41, 5.74) is 1.07. The number of aliphatic hydroxyl groups is 1. The van der Waals surface area contributed by atoms with Gasteiger partial charge in [0, 0.05) is 13.2 Å². The van der Waals surface area contributed by atoms with Crippen LogP contribution in [0.2, 0.25) is 0 Å². The maximum atomic E-state index is 9.95. The summed E-state index contributed by atoms with van der Waals surface area (Å²) in [5, 5.41) is 9.95. The molecular formula is C19H30O5. The van der Waals surface area contributed by atoms with E-state index in [0.29, 0.717) is 19.8 Å². The van der Waals surface area contributed by atoms with Crippen LogP contribution in [0.5, 0.6) is 5.75 Å². The Morgan fingerprint density at radius 3 is 2.75 bits per heavy atom. The van der Waals surface area contributed by atoms with Crippen LogP contribution in [0.25, 0.3) is 0 Å². The highest BCUT2D eigenvalue weighted by Crippen LogP contribution is 2.15. The SMILES string of the molecule is COc1ccc(COC[C@H](O)CCCCOC2CCCCO2)cc1.